The van der Waals surface area contributed by atoms with E-state index < -0.39 is 0 Å². The molecule has 2 aliphatic rings. The van der Waals surface area contributed by atoms with Crippen molar-refractivity contribution < 1.29 is 25.9 Å². The van der Waals surface area contributed by atoms with Gasteiger partial charge in [0.05, 0.1) is 0 Å². The Kier molecular flexibility index (Phi) is 2.78. The summed E-state index contributed by atoms with van der Waals surface area (Å²) in [6.07, 6.45) is 2.32. The quantitative estimate of drug-likeness (QED) is 0.582. The SMILES string of the molecule is COC1=IC2=C([I-]C=C2)c2ccccc21. The Morgan fingerprint density at radius 2 is 2.00 bits per heavy atom. The predicted molar refractivity (Wildman–Crippen MR) is 67.6 cm³/mol. The minimum absolute atomic E-state index is 0.0692. The fraction of sp³-hybridized carbons (Fsp3) is 0.0833. The molecule has 78 valence electrons. The van der Waals surface area contributed by atoms with Gasteiger partial charge in [0.1, 0.15) is 0 Å². The van der Waals surface area contributed by atoms with Crippen LogP contribution in [0.25, 0.3) is 3.58 Å². The number of ether oxygens (including phenoxy) is 1. The van der Waals surface area contributed by atoms with Gasteiger partial charge in [0, 0.05) is 0 Å². The van der Waals surface area contributed by atoms with E-state index in [-0.39, 0.29) is 41.9 Å². The topological polar surface area (TPSA) is 9.23 Å². The second kappa shape index (κ2) is 4.10. The first-order valence-corrected chi connectivity index (χ1v) is 9.08. The third kappa shape index (κ3) is 1.64. The van der Waals surface area contributed by atoms with Crippen molar-refractivity contribution in [3.05, 3.63) is 49.1 Å². The van der Waals surface area contributed by atoms with E-state index in [9.17, 15) is 0 Å². The molecular weight excluding hydrogens is 414 g/mol. The van der Waals surface area contributed by atoms with Crippen molar-refractivity contribution in [2.24, 2.45) is 0 Å². The number of benzene rings is 1. The molecule has 15 heavy (non-hydrogen) atoms. The van der Waals surface area contributed by atoms with Crippen molar-refractivity contribution in [3.8, 4) is 0 Å². The van der Waals surface area contributed by atoms with Crippen LogP contribution in [0.4, 0.5) is 0 Å². The molecule has 0 spiro atoms. The molecule has 3 heteroatoms. The van der Waals surface area contributed by atoms with Gasteiger partial charge in [-0.15, -0.1) is 0 Å². The molecule has 0 amide bonds. The number of rotatable bonds is 1. The summed E-state index contributed by atoms with van der Waals surface area (Å²) in [5.41, 5.74) is 2.77. The first-order valence-electron chi connectivity index (χ1n) is 4.60. The van der Waals surface area contributed by atoms with Gasteiger partial charge in [0.2, 0.25) is 0 Å². The second-order valence-electron chi connectivity index (χ2n) is 3.18. The van der Waals surface area contributed by atoms with Gasteiger partial charge in [-0.05, 0) is 0 Å². The Balaban J connectivity index is 2.27. The molecule has 2 aliphatic heterocycles. The van der Waals surface area contributed by atoms with Crippen LogP contribution in [0.2, 0.25) is 0 Å². The van der Waals surface area contributed by atoms with Crippen LogP contribution in [-0.4, -0.2) is 10.8 Å². The van der Waals surface area contributed by atoms with Gasteiger partial charge in [-0.25, -0.2) is 0 Å². The summed E-state index contributed by atoms with van der Waals surface area (Å²) in [4.78, 5) is 0. The first-order chi connectivity index (χ1) is 7.40. The Hall–Kier alpha value is -0.0100. The summed E-state index contributed by atoms with van der Waals surface area (Å²) in [6.45, 7) is 0. The molecule has 1 nitrogen and oxygen atoms in total. The van der Waals surface area contributed by atoms with Gasteiger partial charge < -0.3 is 0 Å². The number of fused-ring (bicyclic) bond motifs is 2. The normalized spacial score (nSPS) is 18.6. The molecule has 2 heterocycles. The molecule has 0 fully saturated rings. The third-order valence-electron chi connectivity index (χ3n) is 2.33. The molecule has 0 saturated heterocycles. The van der Waals surface area contributed by atoms with Crippen LogP contribution < -0.4 is 21.2 Å². The molecule has 0 bridgehead atoms. The van der Waals surface area contributed by atoms with Gasteiger partial charge >= 0.3 is 110 Å². The van der Waals surface area contributed by atoms with Crippen molar-refractivity contribution in [3.63, 3.8) is 0 Å². The Morgan fingerprint density at radius 1 is 1.20 bits per heavy atom. The molecule has 0 radical (unpaired) electrons. The van der Waals surface area contributed by atoms with Crippen LogP contribution in [-0.2, 0) is 4.74 Å². The summed E-state index contributed by atoms with van der Waals surface area (Å²) in [6, 6.07) is 8.66. The van der Waals surface area contributed by atoms with Gasteiger partial charge in [0.25, 0.3) is 0 Å². The molecular formula is C12H9I2O-. The summed E-state index contributed by atoms with van der Waals surface area (Å²) < 4.78 is 12.3. The van der Waals surface area contributed by atoms with E-state index in [4.69, 9.17) is 4.74 Å². The van der Waals surface area contributed by atoms with Crippen molar-refractivity contribution in [2.75, 3.05) is 7.11 Å². The van der Waals surface area contributed by atoms with Crippen LogP contribution in [0.1, 0.15) is 11.1 Å². The molecule has 0 atom stereocenters. The molecule has 0 unspecified atom stereocenters. The maximum atomic E-state index is 5.54. The summed E-state index contributed by atoms with van der Waals surface area (Å²) in [5.74, 6) is 0. The summed E-state index contributed by atoms with van der Waals surface area (Å²) in [7, 11) is 1.80. The maximum absolute atomic E-state index is 5.54. The Morgan fingerprint density at radius 3 is 2.80 bits per heavy atom. The van der Waals surface area contributed by atoms with Crippen LogP contribution >= 0.6 is 20.7 Å². The summed E-state index contributed by atoms with van der Waals surface area (Å²) in [5, 5.41) is 0. The molecule has 3 rings (SSSR count). The van der Waals surface area contributed by atoms with Crippen LogP contribution in [0.3, 0.4) is 0 Å². The molecule has 0 N–H and O–H groups in total. The summed E-state index contributed by atoms with van der Waals surface area (Å²) >= 11 is 0.0557. The standard InChI is InChI=1S/C12H9I2O/c1-15-12-9-5-3-2-4-8(9)11-10(14-12)6-7-13-11/h2-7H,1H3/q-1. The van der Waals surface area contributed by atoms with E-state index in [1.807, 2.05) is 0 Å². The molecule has 0 saturated carbocycles. The zero-order valence-corrected chi connectivity index (χ0v) is 12.4. The molecule has 1 aromatic rings. The van der Waals surface area contributed by atoms with E-state index >= 15 is 0 Å². The van der Waals surface area contributed by atoms with Gasteiger partial charge in [0.15, 0.2) is 0 Å². The average molecular weight is 423 g/mol. The monoisotopic (exact) mass is 423 g/mol. The van der Waals surface area contributed by atoms with Crippen molar-refractivity contribution in [1.29, 1.82) is 0 Å². The van der Waals surface area contributed by atoms with Crippen molar-refractivity contribution >= 4 is 28.0 Å². The van der Waals surface area contributed by atoms with E-state index in [0.29, 0.717) is 0 Å². The van der Waals surface area contributed by atoms with Gasteiger partial charge in [-0.1, -0.05) is 0 Å². The van der Waals surface area contributed by atoms with E-state index in [1.54, 1.807) is 14.3 Å². The number of hydrogen-bond donors (Lipinski definition) is 0. The van der Waals surface area contributed by atoms with Crippen molar-refractivity contribution in [2.45, 2.75) is 0 Å². The Labute approximate surface area is 109 Å². The van der Waals surface area contributed by atoms with E-state index in [1.165, 1.54) is 14.8 Å². The van der Waals surface area contributed by atoms with E-state index in [2.05, 4.69) is 34.4 Å². The molecule has 1 aromatic carbocycles. The Bertz CT molecular complexity index is 512. The number of allylic oxidation sites excluding steroid dienone is 2. The molecule has 0 aromatic heterocycles. The number of methoxy groups -OCH3 is 1. The fourth-order valence-corrected chi connectivity index (χ4v) is 8.41. The van der Waals surface area contributed by atoms with Gasteiger partial charge in [-0.3, -0.25) is 0 Å². The zero-order chi connectivity index (χ0) is 10.3. The molecule has 0 aliphatic carbocycles. The second-order valence-corrected chi connectivity index (χ2v) is 8.28. The first kappa shape index (κ1) is 10.2. The zero-order valence-electron chi connectivity index (χ0n) is 8.13. The fourth-order valence-electron chi connectivity index (χ4n) is 1.67. The third-order valence-corrected chi connectivity index (χ3v) is 8.86. The predicted octanol–water partition coefficient (Wildman–Crippen LogP) is 0.0802. The minimum atomic E-state index is -0.0692. The van der Waals surface area contributed by atoms with Crippen LogP contribution in [0.5, 0.6) is 0 Å². The number of hydrogen-bond acceptors (Lipinski definition) is 1. The van der Waals surface area contributed by atoms with Crippen molar-refractivity contribution in [1.82, 2.24) is 0 Å². The number of halogens is 2. The average Bonchev–Trinajstić information content (AvgIpc) is 2.76. The van der Waals surface area contributed by atoms with Crippen LogP contribution in [0, 0.1) is 0 Å². The van der Waals surface area contributed by atoms with Crippen LogP contribution in [0.15, 0.2) is 38.0 Å². The van der Waals surface area contributed by atoms with E-state index in [0.717, 1.165) is 0 Å². The van der Waals surface area contributed by atoms with Gasteiger partial charge in [-0.2, -0.15) is 0 Å².